The predicted octanol–water partition coefficient (Wildman–Crippen LogP) is 3.19. The fraction of sp³-hybridized carbons (Fsp3) is 0.524. The smallest absolute Gasteiger partial charge is 0.407 e. The lowest BCUT2D eigenvalue weighted by molar-refractivity contribution is 0.149. The fourth-order valence-corrected chi connectivity index (χ4v) is 2.33. The maximum Gasteiger partial charge on any atom is 0.407 e. The monoisotopic (exact) mass is 404 g/mol. The molecule has 8 nitrogen and oxygen atoms in total. The SMILES string of the molecule is CC/N=C\c1ccc(/C=N/CCOC(=O)NCCCCCCNC(=O)OC)cc1. The minimum atomic E-state index is -0.424. The van der Waals surface area contributed by atoms with Crippen LogP contribution in [0.25, 0.3) is 0 Å². The molecule has 0 saturated carbocycles. The Morgan fingerprint density at radius 2 is 1.45 bits per heavy atom. The largest absolute Gasteiger partial charge is 0.453 e. The average Bonchev–Trinajstić information content (AvgIpc) is 2.74. The molecule has 0 aliphatic heterocycles. The summed E-state index contributed by atoms with van der Waals surface area (Å²) in [5, 5.41) is 5.34. The minimum absolute atomic E-state index is 0.239. The van der Waals surface area contributed by atoms with Gasteiger partial charge in [0.25, 0.3) is 0 Å². The zero-order valence-electron chi connectivity index (χ0n) is 17.4. The van der Waals surface area contributed by atoms with Crippen molar-refractivity contribution in [2.24, 2.45) is 9.98 Å². The van der Waals surface area contributed by atoms with E-state index >= 15 is 0 Å². The summed E-state index contributed by atoms with van der Waals surface area (Å²) in [5.41, 5.74) is 2.05. The van der Waals surface area contributed by atoms with Crippen LogP contribution in [-0.4, -0.2) is 64.5 Å². The molecule has 29 heavy (non-hydrogen) atoms. The van der Waals surface area contributed by atoms with Crippen molar-refractivity contribution in [1.82, 2.24) is 10.6 Å². The van der Waals surface area contributed by atoms with Crippen molar-refractivity contribution in [3.63, 3.8) is 0 Å². The zero-order chi connectivity index (χ0) is 21.2. The number of rotatable bonds is 13. The molecule has 8 heteroatoms. The molecule has 0 bridgehead atoms. The summed E-state index contributed by atoms with van der Waals surface area (Å²) in [7, 11) is 1.34. The average molecular weight is 405 g/mol. The molecule has 0 heterocycles. The van der Waals surface area contributed by atoms with Crippen LogP contribution in [0.1, 0.15) is 43.7 Å². The maximum atomic E-state index is 11.6. The Bertz CT molecular complexity index is 645. The molecule has 0 atom stereocenters. The Hall–Kier alpha value is -2.90. The summed E-state index contributed by atoms with van der Waals surface area (Å²) in [5.74, 6) is 0. The van der Waals surface area contributed by atoms with E-state index in [-0.39, 0.29) is 6.61 Å². The van der Waals surface area contributed by atoms with Gasteiger partial charge in [-0.3, -0.25) is 9.98 Å². The summed E-state index contributed by atoms with van der Waals surface area (Å²) in [4.78, 5) is 30.9. The number of hydrogen-bond acceptors (Lipinski definition) is 6. The van der Waals surface area contributed by atoms with Gasteiger partial charge in [-0.15, -0.1) is 0 Å². The number of alkyl carbamates (subject to hydrolysis) is 2. The van der Waals surface area contributed by atoms with Crippen LogP contribution in [-0.2, 0) is 9.47 Å². The van der Waals surface area contributed by atoms with E-state index in [1.165, 1.54) is 7.11 Å². The van der Waals surface area contributed by atoms with Gasteiger partial charge < -0.3 is 20.1 Å². The van der Waals surface area contributed by atoms with E-state index in [0.717, 1.165) is 43.4 Å². The highest BCUT2D eigenvalue weighted by atomic mass is 16.5. The van der Waals surface area contributed by atoms with E-state index in [9.17, 15) is 9.59 Å². The number of amides is 2. The third-order valence-electron chi connectivity index (χ3n) is 3.88. The number of unbranched alkanes of at least 4 members (excludes halogenated alkanes) is 3. The molecule has 2 amide bonds. The Balaban J connectivity index is 2.01. The van der Waals surface area contributed by atoms with E-state index in [2.05, 4.69) is 25.4 Å². The second-order valence-corrected chi connectivity index (χ2v) is 6.23. The Morgan fingerprint density at radius 3 is 2.00 bits per heavy atom. The first kappa shape index (κ1) is 24.1. The van der Waals surface area contributed by atoms with Crippen molar-refractivity contribution in [3.8, 4) is 0 Å². The normalized spacial score (nSPS) is 11.0. The van der Waals surface area contributed by atoms with Gasteiger partial charge in [0.1, 0.15) is 6.61 Å². The highest BCUT2D eigenvalue weighted by molar-refractivity contribution is 5.84. The summed E-state index contributed by atoms with van der Waals surface area (Å²) in [6, 6.07) is 7.92. The maximum absolute atomic E-state index is 11.6. The van der Waals surface area contributed by atoms with Crippen molar-refractivity contribution < 1.29 is 19.1 Å². The second kappa shape index (κ2) is 16.1. The number of nitrogens with one attached hydrogen (secondary N) is 2. The molecule has 2 N–H and O–H groups in total. The lowest BCUT2D eigenvalue weighted by Crippen LogP contribution is -2.26. The van der Waals surface area contributed by atoms with Gasteiger partial charge >= 0.3 is 12.2 Å². The Labute approximate surface area is 172 Å². The molecular weight excluding hydrogens is 372 g/mol. The number of benzene rings is 1. The number of hydrogen-bond donors (Lipinski definition) is 2. The molecule has 1 rings (SSSR count). The third kappa shape index (κ3) is 13.0. The van der Waals surface area contributed by atoms with Crippen molar-refractivity contribution >= 4 is 24.6 Å². The molecule has 0 radical (unpaired) electrons. The van der Waals surface area contributed by atoms with Gasteiger partial charge in [-0.2, -0.15) is 0 Å². The number of carbonyl (C=O) groups is 2. The molecule has 1 aromatic carbocycles. The van der Waals surface area contributed by atoms with Gasteiger partial charge in [-0.05, 0) is 30.9 Å². The molecule has 0 aromatic heterocycles. The predicted molar refractivity (Wildman–Crippen MR) is 115 cm³/mol. The first-order valence-corrected chi connectivity index (χ1v) is 9.98. The molecule has 0 unspecified atom stereocenters. The van der Waals surface area contributed by atoms with E-state index in [0.29, 0.717) is 19.6 Å². The van der Waals surface area contributed by atoms with Crippen LogP contribution in [0, 0.1) is 0 Å². The summed E-state index contributed by atoms with van der Waals surface area (Å²) < 4.78 is 9.57. The van der Waals surface area contributed by atoms with Gasteiger partial charge in [0.15, 0.2) is 0 Å². The topological polar surface area (TPSA) is 101 Å². The van der Waals surface area contributed by atoms with Crippen LogP contribution in [0.3, 0.4) is 0 Å². The van der Waals surface area contributed by atoms with Crippen LogP contribution in [0.4, 0.5) is 9.59 Å². The Morgan fingerprint density at radius 1 is 0.897 bits per heavy atom. The minimum Gasteiger partial charge on any atom is -0.453 e. The standard InChI is InChI=1S/C21H32N4O4/c1-3-22-16-18-8-10-19(11-9-18)17-23-14-15-29-21(27)25-13-7-5-4-6-12-24-20(26)28-2/h8-11,16-17H,3-7,12-15H2,1-2H3,(H,24,26)(H,25,27)/b22-16-,23-17+. The van der Waals surface area contributed by atoms with Crippen LogP contribution >= 0.6 is 0 Å². The summed E-state index contributed by atoms with van der Waals surface area (Å²) in [6.45, 7) is 4.59. The molecule has 0 aliphatic rings. The van der Waals surface area contributed by atoms with Gasteiger partial charge in [0.2, 0.25) is 0 Å². The quantitative estimate of drug-likeness (QED) is 0.389. The Kier molecular flexibility index (Phi) is 13.4. The van der Waals surface area contributed by atoms with Crippen LogP contribution in [0.2, 0.25) is 0 Å². The van der Waals surface area contributed by atoms with Crippen molar-refractivity contribution in [3.05, 3.63) is 35.4 Å². The van der Waals surface area contributed by atoms with E-state index in [1.54, 1.807) is 6.21 Å². The van der Waals surface area contributed by atoms with Gasteiger partial charge in [-0.1, -0.05) is 37.1 Å². The van der Waals surface area contributed by atoms with Crippen LogP contribution in [0.5, 0.6) is 0 Å². The lowest BCUT2D eigenvalue weighted by Gasteiger charge is -2.06. The molecular formula is C21H32N4O4. The fourth-order valence-electron chi connectivity index (χ4n) is 2.33. The van der Waals surface area contributed by atoms with Crippen molar-refractivity contribution in [2.75, 3.05) is 39.9 Å². The number of ether oxygens (including phenoxy) is 2. The van der Waals surface area contributed by atoms with E-state index in [1.807, 2.05) is 37.4 Å². The summed E-state index contributed by atoms with van der Waals surface area (Å²) >= 11 is 0. The molecule has 0 spiro atoms. The van der Waals surface area contributed by atoms with Gasteiger partial charge in [0.05, 0.1) is 13.7 Å². The molecule has 0 saturated heterocycles. The molecule has 1 aromatic rings. The van der Waals surface area contributed by atoms with Crippen LogP contribution < -0.4 is 10.6 Å². The van der Waals surface area contributed by atoms with E-state index < -0.39 is 12.2 Å². The molecule has 160 valence electrons. The second-order valence-electron chi connectivity index (χ2n) is 6.23. The first-order valence-electron chi connectivity index (χ1n) is 9.98. The molecule has 0 fully saturated rings. The van der Waals surface area contributed by atoms with Gasteiger partial charge in [0, 0.05) is 32.1 Å². The summed E-state index contributed by atoms with van der Waals surface area (Å²) in [6.07, 6.45) is 6.46. The highest BCUT2D eigenvalue weighted by Gasteiger charge is 2.00. The molecule has 0 aliphatic carbocycles. The van der Waals surface area contributed by atoms with Crippen molar-refractivity contribution in [2.45, 2.75) is 32.6 Å². The third-order valence-corrected chi connectivity index (χ3v) is 3.88. The van der Waals surface area contributed by atoms with Gasteiger partial charge in [-0.25, -0.2) is 9.59 Å². The highest BCUT2D eigenvalue weighted by Crippen LogP contribution is 2.00. The number of nitrogens with zero attached hydrogens (tertiary/aromatic N) is 2. The van der Waals surface area contributed by atoms with Crippen LogP contribution in [0.15, 0.2) is 34.3 Å². The zero-order valence-corrected chi connectivity index (χ0v) is 17.4. The first-order chi connectivity index (χ1) is 14.2. The van der Waals surface area contributed by atoms with E-state index in [4.69, 9.17) is 4.74 Å². The van der Waals surface area contributed by atoms with Crippen molar-refractivity contribution in [1.29, 1.82) is 0 Å². The number of methoxy groups -OCH3 is 1. The number of aliphatic imine (C=N–C) groups is 2. The number of carbonyl (C=O) groups excluding carboxylic acids is 2. The lowest BCUT2D eigenvalue weighted by atomic mass is 10.1.